The molecule has 1 heterocycles. The lowest BCUT2D eigenvalue weighted by Gasteiger charge is -2.08. The molecule has 2 rings (SSSR count). The van der Waals surface area contributed by atoms with Gasteiger partial charge in [0.05, 0.1) is 12.2 Å². The van der Waals surface area contributed by atoms with Gasteiger partial charge in [-0.05, 0) is 30.7 Å². The molecule has 0 aliphatic carbocycles. The SMILES string of the molecule is O=C(O)c1ccc(OCCCSc2nc(C(F)(F)F)cc(=O)[nH]2)cc1. The maximum atomic E-state index is 12.6. The monoisotopic (exact) mass is 374 g/mol. The second kappa shape index (κ2) is 8.06. The van der Waals surface area contributed by atoms with Crippen LogP contribution in [0.15, 0.2) is 40.3 Å². The molecule has 0 spiro atoms. The van der Waals surface area contributed by atoms with Crippen LogP contribution in [0.2, 0.25) is 0 Å². The summed E-state index contributed by atoms with van der Waals surface area (Å²) in [5.74, 6) is -0.164. The summed E-state index contributed by atoms with van der Waals surface area (Å²) in [7, 11) is 0. The Balaban J connectivity index is 1.80. The molecule has 10 heteroatoms. The zero-order valence-electron chi connectivity index (χ0n) is 12.7. The fraction of sp³-hybridized carbons (Fsp3) is 0.267. The minimum atomic E-state index is -4.67. The van der Waals surface area contributed by atoms with Crippen molar-refractivity contribution in [2.24, 2.45) is 0 Å². The number of halogens is 3. The predicted octanol–water partition coefficient (Wildman–Crippen LogP) is 3.05. The number of benzene rings is 1. The van der Waals surface area contributed by atoms with Crippen molar-refractivity contribution >= 4 is 17.7 Å². The summed E-state index contributed by atoms with van der Waals surface area (Å²) in [6.07, 6.45) is -4.18. The molecule has 0 saturated heterocycles. The van der Waals surface area contributed by atoms with E-state index in [4.69, 9.17) is 9.84 Å². The largest absolute Gasteiger partial charge is 0.494 e. The van der Waals surface area contributed by atoms with E-state index in [1.165, 1.54) is 24.3 Å². The zero-order chi connectivity index (χ0) is 18.4. The standard InChI is InChI=1S/C15H13F3N2O4S/c16-15(17,18)11-8-12(21)20-14(19-11)25-7-1-6-24-10-4-2-9(3-5-10)13(22)23/h2-5,8H,1,6-7H2,(H,22,23)(H,19,20,21). The summed E-state index contributed by atoms with van der Waals surface area (Å²) in [6.45, 7) is 0.280. The van der Waals surface area contributed by atoms with Gasteiger partial charge in [-0.2, -0.15) is 13.2 Å². The van der Waals surface area contributed by atoms with Gasteiger partial charge in [0.25, 0.3) is 5.56 Å². The number of nitrogens with zero attached hydrogens (tertiary/aromatic N) is 1. The van der Waals surface area contributed by atoms with Gasteiger partial charge >= 0.3 is 12.1 Å². The van der Waals surface area contributed by atoms with Crippen LogP contribution < -0.4 is 10.3 Å². The van der Waals surface area contributed by atoms with Crippen molar-refractivity contribution in [3.63, 3.8) is 0 Å². The highest BCUT2D eigenvalue weighted by Crippen LogP contribution is 2.27. The Labute approximate surface area is 144 Å². The fourth-order valence-corrected chi connectivity index (χ4v) is 2.55. The van der Waals surface area contributed by atoms with Gasteiger partial charge in [-0.1, -0.05) is 11.8 Å². The first-order valence-electron chi connectivity index (χ1n) is 7.03. The van der Waals surface area contributed by atoms with Gasteiger partial charge in [0.1, 0.15) is 5.75 Å². The van der Waals surface area contributed by atoms with Gasteiger partial charge in [0, 0.05) is 11.8 Å². The molecule has 0 amide bonds. The van der Waals surface area contributed by atoms with Crippen molar-refractivity contribution in [2.75, 3.05) is 12.4 Å². The van der Waals surface area contributed by atoms with Crippen molar-refractivity contribution in [3.05, 3.63) is 51.9 Å². The normalized spacial score (nSPS) is 11.3. The molecule has 0 saturated carbocycles. The molecule has 134 valence electrons. The van der Waals surface area contributed by atoms with Crippen LogP contribution in [-0.2, 0) is 6.18 Å². The minimum Gasteiger partial charge on any atom is -0.494 e. The van der Waals surface area contributed by atoms with Crippen molar-refractivity contribution in [1.29, 1.82) is 0 Å². The Morgan fingerprint density at radius 2 is 1.96 bits per heavy atom. The number of carbonyl (C=O) groups is 1. The second-order valence-electron chi connectivity index (χ2n) is 4.81. The maximum Gasteiger partial charge on any atom is 0.433 e. The number of hydrogen-bond acceptors (Lipinski definition) is 5. The fourth-order valence-electron chi connectivity index (χ4n) is 1.76. The third kappa shape index (κ3) is 5.82. The number of H-pyrrole nitrogens is 1. The Hall–Kier alpha value is -2.49. The molecule has 2 N–H and O–H groups in total. The number of ether oxygens (including phenoxy) is 1. The zero-order valence-corrected chi connectivity index (χ0v) is 13.5. The first-order valence-corrected chi connectivity index (χ1v) is 8.02. The topological polar surface area (TPSA) is 92.3 Å². The average Bonchev–Trinajstić information content (AvgIpc) is 2.53. The van der Waals surface area contributed by atoms with Crippen molar-refractivity contribution in [3.8, 4) is 5.75 Å². The first kappa shape index (κ1) is 18.8. The second-order valence-corrected chi connectivity index (χ2v) is 5.90. The highest BCUT2D eigenvalue weighted by molar-refractivity contribution is 7.99. The number of aromatic amines is 1. The summed E-state index contributed by atoms with van der Waals surface area (Å²) < 4.78 is 43.1. The molecular weight excluding hydrogens is 361 g/mol. The maximum absolute atomic E-state index is 12.6. The molecule has 0 aliphatic rings. The van der Waals surface area contributed by atoms with Gasteiger partial charge in [-0.15, -0.1) is 0 Å². The molecule has 25 heavy (non-hydrogen) atoms. The molecule has 1 aromatic carbocycles. The number of hydrogen-bond donors (Lipinski definition) is 2. The van der Waals surface area contributed by atoms with E-state index >= 15 is 0 Å². The molecule has 1 aromatic heterocycles. The van der Waals surface area contributed by atoms with Gasteiger partial charge < -0.3 is 14.8 Å². The van der Waals surface area contributed by atoms with E-state index in [1.54, 1.807) is 0 Å². The van der Waals surface area contributed by atoms with E-state index in [-0.39, 0.29) is 17.3 Å². The molecule has 2 aromatic rings. The Kier molecular flexibility index (Phi) is 6.07. The lowest BCUT2D eigenvalue weighted by Crippen LogP contribution is -2.16. The number of carboxylic acids is 1. The molecule has 6 nitrogen and oxygen atoms in total. The molecule has 0 fully saturated rings. The Morgan fingerprint density at radius 1 is 1.28 bits per heavy atom. The highest BCUT2D eigenvalue weighted by atomic mass is 32.2. The summed E-state index contributed by atoms with van der Waals surface area (Å²) in [6, 6.07) is 6.26. The minimum absolute atomic E-state index is 0.106. The van der Waals surface area contributed by atoms with Crippen molar-refractivity contribution in [2.45, 2.75) is 17.8 Å². The van der Waals surface area contributed by atoms with Crippen LogP contribution in [0.3, 0.4) is 0 Å². The molecule has 0 bridgehead atoms. The summed E-state index contributed by atoms with van der Waals surface area (Å²) in [4.78, 5) is 27.6. The van der Waals surface area contributed by atoms with Gasteiger partial charge in [0.15, 0.2) is 10.9 Å². The first-order chi connectivity index (χ1) is 11.8. The number of thioether (sulfide) groups is 1. The summed E-state index contributed by atoms with van der Waals surface area (Å²) in [5.41, 5.74) is -1.95. The molecule has 0 atom stereocenters. The van der Waals surface area contributed by atoms with E-state index < -0.39 is 23.4 Å². The van der Waals surface area contributed by atoms with E-state index in [9.17, 15) is 22.8 Å². The Bertz CT molecular complexity index is 791. The third-order valence-corrected chi connectivity index (χ3v) is 3.87. The van der Waals surface area contributed by atoms with E-state index in [0.717, 1.165) is 11.8 Å². The smallest absolute Gasteiger partial charge is 0.433 e. The molecule has 0 aliphatic heterocycles. The van der Waals surface area contributed by atoms with Crippen LogP contribution in [0, 0.1) is 0 Å². The number of aromatic nitrogens is 2. The quantitative estimate of drug-likeness (QED) is 0.440. The molecule has 0 unspecified atom stereocenters. The van der Waals surface area contributed by atoms with Crippen LogP contribution in [-0.4, -0.2) is 33.4 Å². The van der Waals surface area contributed by atoms with Crippen LogP contribution >= 0.6 is 11.8 Å². The molecule has 0 radical (unpaired) electrons. The third-order valence-electron chi connectivity index (χ3n) is 2.91. The number of nitrogens with one attached hydrogen (secondary N) is 1. The number of alkyl halides is 3. The van der Waals surface area contributed by atoms with Gasteiger partial charge in [0.2, 0.25) is 0 Å². The highest BCUT2D eigenvalue weighted by Gasteiger charge is 2.33. The van der Waals surface area contributed by atoms with Gasteiger partial charge in [-0.3, -0.25) is 4.79 Å². The Morgan fingerprint density at radius 3 is 2.56 bits per heavy atom. The van der Waals surface area contributed by atoms with Crippen LogP contribution in [0.1, 0.15) is 22.5 Å². The number of carboxylic acid groups (broad SMARTS) is 1. The van der Waals surface area contributed by atoms with Crippen molar-refractivity contribution < 1.29 is 27.8 Å². The molecular formula is C15H13F3N2O4S. The van der Waals surface area contributed by atoms with E-state index in [0.29, 0.717) is 24.0 Å². The van der Waals surface area contributed by atoms with Crippen LogP contribution in [0.25, 0.3) is 0 Å². The summed E-state index contributed by atoms with van der Waals surface area (Å²) >= 11 is 0.982. The number of rotatable bonds is 7. The van der Waals surface area contributed by atoms with Crippen molar-refractivity contribution in [1.82, 2.24) is 9.97 Å². The van der Waals surface area contributed by atoms with E-state index in [2.05, 4.69) is 9.97 Å². The summed E-state index contributed by atoms with van der Waals surface area (Å²) in [5, 5.41) is 8.67. The predicted molar refractivity (Wildman–Crippen MR) is 84.1 cm³/mol. The van der Waals surface area contributed by atoms with E-state index in [1.807, 2.05) is 0 Å². The number of aromatic carboxylic acids is 1. The van der Waals surface area contributed by atoms with Gasteiger partial charge in [-0.25, -0.2) is 9.78 Å². The lowest BCUT2D eigenvalue weighted by atomic mass is 10.2. The van der Waals surface area contributed by atoms with Crippen LogP contribution in [0.5, 0.6) is 5.75 Å². The van der Waals surface area contributed by atoms with Crippen LogP contribution in [0.4, 0.5) is 13.2 Å². The average molecular weight is 374 g/mol. The lowest BCUT2D eigenvalue weighted by molar-refractivity contribution is -0.141.